The van der Waals surface area contributed by atoms with E-state index in [4.69, 9.17) is 34.8 Å². The van der Waals surface area contributed by atoms with Gasteiger partial charge in [0.1, 0.15) is 12.6 Å². The van der Waals surface area contributed by atoms with Gasteiger partial charge in [-0.1, -0.05) is 71.6 Å². The van der Waals surface area contributed by atoms with E-state index in [2.05, 4.69) is 5.32 Å². The zero-order valence-electron chi connectivity index (χ0n) is 22.7. The van der Waals surface area contributed by atoms with Crippen LogP contribution in [0.25, 0.3) is 0 Å². The second-order valence-electron chi connectivity index (χ2n) is 9.56. The Hall–Kier alpha value is -2.78. The lowest BCUT2D eigenvalue weighted by atomic mass is 10.1. The SMILES string of the molecule is CC[C@H](C)NC(=O)[C@@H](C)N(Cc1ccc(Cl)cc1)C(=O)CN(c1cc(Cl)ccc1Cl)S(=O)(=O)c1ccc(C)cc1. The summed E-state index contributed by atoms with van der Waals surface area (Å²) in [5, 5.41) is 3.76. The van der Waals surface area contributed by atoms with Crippen LogP contribution in [0.1, 0.15) is 38.3 Å². The van der Waals surface area contributed by atoms with Gasteiger partial charge in [0.2, 0.25) is 11.8 Å². The van der Waals surface area contributed by atoms with Crippen LogP contribution in [0.15, 0.2) is 71.6 Å². The summed E-state index contributed by atoms with van der Waals surface area (Å²) in [6.45, 7) is 6.68. The summed E-state index contributed by atoms with van der Waals surface area (Å²) in [6, 6.07) is 16.5. The molecule has 3 aromatic carbocycles. The van der Waals surface area contributed by atoms with Crippen LogP contribution in [0.3, 0.4) is 0 Å². The molecule has 0 bridgehead atoms. The summed E-state index contributed by atoms with van der Waals surface area (Å²) >= 11 is 18.7. The maximum atomic E-state index is 14.0. The molecule has 2 amide bonds. The predicted molar refractivity (Wildman–Crippen MR) is 162 cm³/mol. The molecule has 7 nitrogen and oxygen atoms in total. The molecule has 3 rings (SSSR count). The van der Waals surface area contributed by atoms with Crippen molar-refractivity contribution < 1.29 is 18.0 Å². The molecule has 0 radical (unpaired) electrons. The van der Waals surface area contributed by atoms with Crippen molar-refractivity contribution in [2.75, 3.05) is 10.8 Å². The Labute approximate surface area is 251 Å². The molecule has 0 aliphatic heterocycles. The first kappa shape index (κ1) is 31.7. The Morgan fingerprint density at radius 3 is 2.10 bits per heavy atom. The van der Waals surface area contributed by atoms with Crippen molar-refractivity contribution in [1.82, 2.24) is 10.2 Å². The molecule has 2 atom stereocenters. The molecule has 3 aromatic rings. The zero-order chi connectivity index (χ0) is 29.6. The van der Waals surface area contributed by atoms with Crippen molar-refractivity contribution in [1.29, 1.82) is 0 Å². The first-order valence-electron chi connectivity index (χ1n) is 12.7. The smallest absolute Gasteiger partial charge is 0.264 e. The maximum absolute atomic E-state index is 14.0. The minimum atomic E-state index is -4.26. The third-order valence-electron chi connectivity index (χ3n) is 6.50. The number of carbonyl (C=O) groups is 2. The van der Waals surface area contributed by atoms with Crippen molar-refractivity contribution >= 4 is 62.3 Å². The number of hydrogen-bond acceptors (Lipinski definition) is 4. The maximum Gasteiger partial charge on any atom is 0.264 e. The highest BCUT2D eigenvalue weighted by atomic mass is 35.5. The van der Waals surface area contributed by atoms with Crippen molar-refractivity contribution in [2.24, 2.45) is 0 Å². The Bertz CT molecular complexity index is 1450. The Balaban J connectivity index is 2.06. The van der Waals surface area contributed by atoms with E-state index in [9.17, 15) is 18.0 Å². The summed E-state index contributed by atoms with van der Waals surface area (Å²) in [4.78, 5) is 28.4. The minimum absolute atomic E-state index is 0.0197. The van der Waals surface area contributed by atoms with Crippen LogP contribution in [0.5, 0.6) is 0 Å². The number of anilines is 1. The normalized spacial score (nSPS) is 12.9. The third-order valence-corrected chi connectivity index (χ3v) is 9.08. The highest BCUT2D eigenvalue weighted by Crippen LogP contribution is 2.33. The van der Waals surface area contributed by atoms with E-state index in [1.165, 1.54) is 35.2 Å². The monoisotopic (exact) mass is 623 g/mol. The van der Waals surface area contributed by atoms with Crippen LogP contribution in [0.2, 0.25) is 15.1 Å². The van der Waals surface area contributed by atoms with E-state index in [-0.39, 0.29) is 39.1 Å². The van der Waals surface area contributed by atoms with Gasteiger partial charge in [-0.25, -0.2) is 8.42 Å². The van der Waals surface area contributed by atoms with Crippen molar-refractivity contribution in [3.63, 3.8) is 0 Å². The highest BCUT2D eigenvalue weighted by molar-refractivity contribution is 7.92. The molecule has 0 aromatic heterocycles. The van der Waals surface area contributed by atoms with Crippen molar-refractivity contribution in [3.8, 4) is 0 Å². The van der Waals surface area contributed by atoms with E-state index in [1.807, 2.05) is 20.8 Å². The van der Waals surface area contributed by atoms with Crippen LogP contribution in [0.4, 0.5) is 5.69 Å². The molecule has 0 saturated heterocycles. The highest BCUT2D eigenvalue weighted by Gasteiger charge is 2.33. The molecular formula is C29H32Cl3N3O4S. The Morgan fingerprint density at radius 1 is 0.900 bits per heavy atom. The summed E-state index contributed by atoms with van der Waals surface area (Å²) in [7, 11) is -4.26. The minimum Gasteiger partial charge on any atom is -0.352 e. The molecule has 0 unspecified atom stereocenters. The molecule has 1 N–H and O–H groups in total. The Morgan fingerprint density at radius 2 is 1.50 bits per heavy atom. The lowest BCUT2D eigenvalue weighted by Crippen LogP contribution is -2.52. The number of benzene rings is 3. The standard InChI is InChI=1S/C29H32Cl3N3O4S/c1-5-20(3)33-29(37)21(4)34(17-22-8-10-23(30)11-9-22)28(36)18-35(27-16-24(31)12-15-26(27)32)40(38,39)25-13-6-19(2)7-14-25/h6-16,20-21H,5,17-18H2,1-4H3,(H,33,37)/t20-,21+/m0/s1. The van der Waals surface area contributed by atoms with Gasteiger partial charge in [-0.3, -0.25) is 13.9 Å². The topological polar surface area (TPSA) is 86.8 Å². The van der Waals surface area contributed by atoms with Gasteiger partial charge < -0.3 is 10.2 Å². The molecule has 0 saturated carbocycles. The zero-order valence-corrected chi connectivity index (χ0v) is 25.8. The first-order valence-corrected chi connectivity index (χ1v) is 15.3. The Kier molecular flexibility index (Phi) is 10.9. The van der Waals surface area contributed by atoms with Crippen LogP contribution >= 0.6 is 34.8 Å². The molecule has 214 valence electrons. The van der Waals surface area contributed by atoms with Gasteiger partial charge in [0.05, 0.1) is 15.6 Å². The number of carbonyl (C=O) groups excluding carboxylic acids is 2. The molecule has 40 heavy (non-hydrogen) atoms. The molecular weight excluding hydrogens is 593 g/mol. The van der Waals surface area contributed by atoms with Crippen LogP contribution in [-0.2, 0) is 26.2 Å². The number of rotatable bonds is 11. The number of hydrogen-bond donors (Lipinski definition) is 1. The summed E-state index contributed by atoms with van der Waals surface area (Å²) in [5.74, 6) is -0.959. The van der Waals surface area contributed by atoms with Gasteiger partial charge in [-0.05, 0) is 75.2 Å². The fourth-order valence-electron chi connectivity index (χ4n) is 3.86. The van der Waals surface area contributed by atoms with Crippen LogP contribution in [0, 0.1) is 6.92 Å². The number of nitrogens with one attached hydrogen (secondary N) is 1. The van der Waals surface area contributed by atoms with E-state index in [1.54, 1.807) is 43.3 Å². The predicted octanol–water partition coefficient (Wildman–Crippen LogP) is 6.48. The van der Waals surface area contributed by atoms with E-state index >= 15 is 0 Å². The lowest BCUT2D eigenvalue weighted by Gasteiger charge is -2.32. The molecule has 0 fully saturated rings. The van der Waals surface area contributed by atoms with E-state index in [0.717, 1.165) is 15.4 Å². The summed E-state index contributed by atoms with van der Waals surface area (Å²) in [5.41, 5.74) is 1.64. The number of sulfonamides is 1. The fraction of sp³-hybridized carbons (Fsp3) is 0.310. The van der Waals surface area contributed by atoms with Crippen molar-refractivity contribution in [3.05, 3.63) is 92.9 Å². The summed E-state index contributed by atoms with van der Waals surface area (Å²) < 4.78 is 28.8. The fourth-order valence-corrected chi connectivity index (χ4v) is 5.85. The molecule has 0 spiro atoms. The van der Waals surface area contributed by atoms with E-state index < -0.39 is 28.5 Å². The first-order chi connectivity index (χ1) is 18.8. The lowest BCUT2D eigenvalue weighted by molar-refractivity contribution is -0.139. The van der Waals surface area contributed by atoms with Gasteiger partial charge >= 0.3 is 0 Å². The molecule has 0 aliphatic rings. The number of halogens is 3. The third kappa shape index (κ3) is 7.91. The number of nitrogens with zero attached hydrogens (tertiary/aromatic N) is 2. The second kappa shape index (κ2) is 13.7. The van der Waals surface area contributed by atoms with Gasteiger partial charge in [-0.2, -0.15) is 0 Å². The van der Waals surface area contributed by atoms with Crippen molar-refractivity contribution in [2.45, 2.75) is 57.6 Å². The second-order valence-corrected chi connectivity index (χ2v) is 12.7. The molecule has 0 aliphatic carbocycles. The van der Waals surface area contributed by atoms with Gasteiger partial charge in [-0.15, -0.1) is 0 Å². The van der Waals surface area contributed by atoms with Crippen LogP contribution < -0.4 is 9.62 Å². The van der Waals surface area contributed by atoms with Gasteiger partial charge in [0.15, 0.2) is 0 Å². The summed E-state index contributed by atoms with van der Waals surface area (Å²) in [6.07, 6.45) is 0.708. The number of amides is 2. The van der Waals surface area contributed by atoms with Crippen LogP contribution in [-0.4, -0.2) is 43.8 Å². The molecule has 0 heterocycles. The largest absolute Gasteiger partial charge is 0.352 e. The quantitative estimate of drug-likeness (QED) is 0.265. The van der Waals surface area contributed by atoms with Gasteiger partial charge in [0.25, 0.3) is 10.0 Å². The average molecular weight is 625 g/mol. The van der Waals surface area contributed by atoms with E-state index in [0.29, 0.717) is 11.4 Å². The number of aryl methyl sites for hydroxylation is 1. The average Bonchev–Trinajstić information content (AvgIpc) is 2.92. The molecule has 11 heteroatoms. The van der Waals surface area contributed by atoms with Gasteiger partial charge in [0, 0.05) is 22.6 Å².